The number of carbonyl (C=O) groups excluding carboxylic acids is 3. The van der Waals surface area contributed by atoms with Crippen LogP contribution in [0.25, 0.3) is 0 Å². The zero-order valence-electron chi connectivity index (χ0n) is 17.5. The van der Waals surface area contributed by atoms with Gasteiger partial charge in [-0.25, -0.2) is 0 Å². The zero-order valence-corrected chi connectivity index (χ0v) is 19.5. The molecule has 0 radical (unpaired) electrons. The Bertz CT molecular complexity index is 442. The molecule has 0 unspecified atom stereocenters. The number of aliphatic carboxylic acids is 1. The van der Waals surface area contributed by atoms with Gasteiger partial charge in [0, 0.05) is 12.8 Å². The monoisotopic (exact) mass is 389 g/mol. The number of carboxylic acids is 1. The van der Waals surface area contributed by atoms with Gasteiger partial charge in [0.2, 0.25) is 11.8 Å². The summed E-state index contributed by atoms with van der Waals surface area (Å²) in [6.45, 7) is 2.24. The fraction of sp³-hybridized carbons (Fsp3) is 0.857. The predicted octanol–water partition coefficient (Wildman–Crippen LogP) is 0.739. The number of carbonyl (C=O) groups is 3. The summed E-state index contributed by atoms with van der Waals surface area (Å²) in [6, 6.07) is -1.06. The van der Waals surface area contributed by atoms with Crippen molar-refractivity contribution in [3.8, 4) is 0 Å². The summed E-state index contributed by atoms with van der Waals surface area (Å²) in [5, 5.41) is 11.0. The maximum absolute atomic E-state index is 12.1. The van der Waals surface area contributed by atoms with Crippen molar-refractivity contribution in [3.63, 3.8) is 0 Å². The molecule has 1 saturated heterocycles. The van der Waals surface area contributed by atoms with Crippen LogP contribution in [0.15, 0.2) is 0 Å². The molecule has 0 aromatic rings. The maximum Gasteiger partial charge on any atom is 1.00 e. The average Bonchev–Trinajstić information content (AvgIpc) is 3.00. The number of hydrogen-bond acceptors (Lipinski definition) is 4. The van der Waals surface area contributed by atoms with Crippen LogP contribution < -0.4 is 34.7 Å². The first-order valence-corrected chi connectivity index (χ1v) is 10.6. The molecule has 0 aliphatic carbocycles. The first-order valence-electron chi connectivity index (χ1n) is 10.6. The van der Waals surface area contributed by atoms with Crippen molar-refractivity contribution in [3.05, 3.63) is 0 Å². The smallest absolute Gasteiger partial charge is 0.548 e. The second kappa shape index (κ2) is 16.6. The fourth-order valence-electron chi connectivity index (χ4n) is 3.63. The van der Waals surface area contributed by atoms with Gasteiger partial charge >= 0.3 is 29.6 Å². The molecule has 0 aromatic carbocycles. The van der Waals surface area contributed by atoms with Gasteiger partial charge in [0.15, 0.2) is 0 Å². The normalized spacial score (nSPS) is 16.4. The molecule has 0 aromatic heterocycles. The predicted molar refractivity (Wildman–Crippen MR) is 100 cm³/mol. The molecule has 1 fully saturated rings. The minimum atomic E-state index is -1.32. The number of unbranched alkanes of at least 4 members (excludes halogenated alkanes) is 12. The molecule has 27 heavy (non-hydrogen) atoms. The van der Waals surface area contributed by atoms with Gasteiger partial charge in [-0.1, -0.05) is 84.0 Å². The quantitative estimate of drug-likeness (QED) is 0.306. The zero-order chi connectivity index (χ0) is 19.2. The number of rotatable bonds is 15. The third-order valence-corrected chi connectivity index (χ3v) is 5.25. The summed E-state index contributed by atoms with van der Waals surface area (Å²) >= 11 is 0. The molecule has 1 aliphatic heterocycles. The fourth-order valence-corrected chi connectivity index (χ4v) is 3.63. The standard InChI is InChI=1S/C21H37NO4.Na/c1-2-3-4-5-6-7-8-9-10-11-12-13-14-15-19(23)22-18(21(25)26)16-17-20(22)24;/h18H,2-17H2,1H3,(H,25,26);/q;+1/p-1/t18-;/m0./s1. The minimum Gasteiger partial charge on any atom is -0.548 e. The van der Waals surface area contributed by atoms with Gasteiger partial charge in [-0.2, -0.15) is 0 Å². The Morgan fingerprint density at radius 3 is 1.78 bits per heavy atom. The van der Waals surface area contributed by atoms with Crippen molar-refractivity contribution in [2.75, 3.05) is 0 Å². The number of imide groups is 1. The molecule has 5 nitrogen and oxygen atoms in total. The summed E-state index contributed by atoms with van der Waals surface area (Å²) in [5.41, 5.74) is 0. The van der Waals surface area contributed by atoms with Crippen LogP contribution in [0.5, 0.6) is 0 Å². The van der Waals surface area contributed by atoms with E-state index in [4.69, 9.17) is 0 Å². The van der Waals surface area contributed by atoms with Gasteiger partial charge in [0.1, 0.15) is 0 Å². The SMILES string of the molecule is CCCCCCCCCCCCCCCC(=O)N1C(=O)CC[C@H]1C(=O)[O-].[Na+]. The summed E-state index contributed by atoms with van der Waals surface area (Å²) in [4.78, 5) is 35.7. The maximum atomic E-state index is 12.1. The summed E-state index contributed by atoms with van der Waals surface area (Å²) in [6.07, 6.45) is 16.5. The molecule has 1 aliphatic rings. The van der Waals surface area contributed by atoms with E-state index in [1.54, 1.807) is 0 Å². The molecule has 0 N–H and O–H groups in total. The number of amides is 2. The molecular weight excluding hydrogens is 353 g/mol. The van der Waals surface area contributed by atoms with Crippen molar-refractivity contribution >= 4 is 17.8 Å². The minimum absolute atomic E-state index is 0. The van der Waals surface area contributed by atoms with Gasteiger partial charge in [0.05, 0.1) is 12.0 Å². The average molecular weight is 390 g/mol. The number of likely N-dealkylation sites (tertiary alicyclic amines) is 1. The van der Waals surface area contributed by atoms with E-state index in [0.29, 0.717) is 0 Å². The van der Waals surface area contributed by atoms with Crippen LogP contribution in [0, 0.1) is 0 Å². The van der Waals surface area contributed by atoms with E-state index in [0.717, 1.165) is 24.2 Å². The van der Waals surface area contributed by atoms with E-state index in [9.17, 15) is 19.5 Å². The van der Waals surface area contributed by atoms with Crippen LogP contribution >= 0.6 is 0 Å². The number of nitrogens with zero attached hydrogens (tertiary/aromatic N) is 1. The van der Waals surface area contributed by atoms with Gasteiger partial charge in [0.25, 0.3) is 0 Å². The van der Waals surface area contributed by atoms with Crippen molar-refractivity contribution in [2.24, 2.45) is 0 Å². The van der Waals surface area contributed by atoms with E-state index in [2.05, 4.69) is 6.92 Å². The van der Waals surface area contributed by atoms with E-state index in [1.165, 1.54) is 64.2 Å². The molecule has 6 heteroatoms. The molecule has 0 spiro atoms. The van der Waals surface area contributed by atoms with Crippen LogP contribution in [-0.2, 0) is 14.4 Å². The van der Waals surface area contributed by atoms with Gasteiger partial charge < -0.3 is 9.90 Å². The van der Waals surface area contributed by atoms with Gasteiger partial charge in [-0.05, 0) is 12.8 Å². The van der Waals surface area contributed by atoms with E-state index in [1.807, 2.05) is 0 Å². The van der Waals surface area contributed by atoms with E-state index in [-0.39, 0.29) is 60.6 Å². The van der Waals surface area contributed by atoms with Crippen molar-refractivity contribution < 1.29 is 49.0 Å². The molecular formula is C21H36NNaO4. The van der Waals surface area contributed by atoms with Crippen LogP contribution in [0.3, 0.4) is 0 Å². The summed E-state index contributed by atoms with van der Waals surface area (Å²) < 4.78 is 0. The van der Waals surface area contributed by atoms with Gasteiger partial charge in [-0.15, -0.1) is 0 Å². The molecule has 0 saturated carbocycles. The summed E-state index contributed by atoms with van der Waals surface area (Å²) in [5.74, 6) is -2.06. The van der Waals surface area contributed by atoms with Crippen LogP contribution in [0.4, 0.5) is 0 Å². The van der Waals surface area contributed by atoms with Crippen LogP contribution in [-0.4, -0.2) is 28.7 Å². The Morgan fingerprint density at radius 2 is 1.33 bits per heavy atom. The summed E-state index contributed by atoms with van der Waals surface area (Å²) in [7, 11) is 0. The molecule has 1 rings (SSSR count). The Hall–Kier alpha value is -0.390. The van der Waals surface area contributed by atoms with Crippen LogP contribution in [0.2, 0.25) is 0 Å². The molecule has 0 bridgehead atoms. The number of hydrogen-bond donors (Lipinski definition) is 0. The Morgan fingerprint density at radius 1 is 0.889 bits per heavy atom. The van der Waals surface area contributed by atoms with Crippen molar-refractivity contribution in [1.29, 1.82) is 0 Å². The first-order chi connectivity index (χ1) is 12.6. The van der Waals surface area contributed by atoms with E-state index < -0.39 is 12.0 Å². The Kier molecular flexibility index (Phi) is 16.3. The Balaban J connectivity index is 0.00000676. The molecule has 2 amide bonds. The second-order valence-corrected chi connectivity index (χ2v) is 7.52. The third kappa shape index (κ3) is 11.3. The molecule has 1 heterocycles. The topological polar surface area (TPSA) is 77.5 Å². The Labute approximate surface area is 186 Å². The third-order valence-electron chi connectivity index (χ3n) is 5.25. The van der Waals surface area contributed by atoms with Gasteiger partial charge in [-0.3, -0.25) is 14.5 Å². The van der Waals surface area contributed by atoms with Crippen molar-refractivity contribution in [2.45, 2.75) is 116 Å². The molecule has 150 valence electrons. The van der Waals surface area contributed by atoms with Crippen molar-refractivity contribution in [1.82, 2.24) is 4.90 Å². The molecule has 1 atom stereocenters. The van der Waals surface area contributed by atoms with E-state index >= 15 is 0 Å². The largest absolute Gasteiger partial charge is 1.00 e. The number of carboxylic acid groups (broad SMARTS) is 1. The van der Waals surface area contributed by atoms with Crippen LogP contribution in [0.1, 0.15) is 110 Å². The first kappa shape index (κ1) is 26.6. The second-order valence-electron chi connectivity index (χ2n) is 7.52.